The Kier molecular flexibility index (Phi) is 5.69. The van der Waals surface area contributed by atoms with Crippen LogP contribution in [-0.2, 0) is 11.3 Å². The van der Waals surface area contributed by atoms with Gasteiger partial charge in [-0.1, -0.05) is 41.4 Å². The standard InChI is InChI=1S/C22H12Cl2N2O3S/c23-17-7-5-13(9-18(17)24)19-8-6-16(29-19)10-20-21(27)26(22(28)30-20)12-15-4-2-1-3-14(15)11-25/h1-10H,12H2/b20-10-. The average Bonchev–Trinajstić information content (AvgIpc) is 3.31. The minimum Gasteiger partial charge on any atom is -0.457 e. The van der Waals surface area contributed by atoms with Crippen molar-refractivity contribution in [1.29, 1.82) is 5.26 Å². The van der Waals surface area contributed by atoms with Gasteiger partial charge in [0, 0.05) is 11.6 Å². The number of hydrogen-bond donors (Lipinski definition) is 0. The molecule has 1 aliphatic rings. The predicted molar refractivity (Wildman–Crippen MR) is 117 cm³/mol. The highest BCUT2D eigenvalue weighted by Gasteiger charge is 2.35. The molecule has 30 heavy (non-hydrogen) atoms. The van der Waals surface area contributed by atoms with E-state index >= 15 is 0 Å². The van der Waals surface area contributed by atoms with Crippen LogP contribution in [0.1, 0.15) is 16.9 Å². The molecular weight excluding hydrogens is 443 g/mol. The molecule has 0 bridgehead atoms. The molecule has 148 valence electrons. The highest BCUT2D eigenvalue weighted by Crippen LogP contribution is 2.35. The molecule has 0 aliphatic carbocycles. The van der Waals surface area contributed by atoms with E-state index in [1.807, 2.05) is 0 Å². The topological polar surface area (TPSA) is 74.3 Å². The number of thioether (sulfide) groups is 1. The van der Waals surface area contributed by atoms with Gasteiger partial charge >= 0.3 is 0 Å². The third kappa shape index (κ3) is 4.01. The number of rotatable bonds is 4. The number of furan rings is 1. The number of nitrogens with zero attached hydrogens (tertiary/aromatic N) is 2. The lowest BCUT2D eigenvalue weighted by molar-refractivity contribution is -0.123. The van der Waals surface area contributed by atoms with Crippen molar-refractivity contribution >= 4 is 52.2 Å². The molecule has 1 saturated heterocycles. The molecule has 0 spiro atoms. The number of hydrogen-bond acceptors (Lipinski definition) is 5. The molecule has 2 aromatic carbocycles. The zero-order valence-electron chi connectivity index (χ0n) is 15.3. The second kappa shape index (κ2) is 8.41. The first-order valence-corrected chi connectivity index (χ1v) is 10.3. The number of halogens is 2. The monoisotopic (exact) mass is 454 g/mol. The van der Waals surface area contributed by atoms with E-state index in [-0.39, 0.29) is 11.4 Å². The first-order chi connectivity index (χ1) is 14.5. The molecule has 0 unspecified atom stereocenters. The van der Waals surface area contributed by atoms with Gasteiger partial charge in [-0.2, -0.15) is 5.26 Å². The van der Waals surface area contributed by atoms with E-state index in [1.165, 1.54) is 6.08 Å². The summed E-state index contributed by atoms with van der Waals surface area (Å²) >= 11 is 12.8. The molecule has 0 radical (unpaired) electrons. The van der Waals surface area contributed by atoms with Gasteiger partial charge in [-0.05, 0) is 53.7 Å². The highest BCUT2D eigenvalue weighted by atomic mass is 35.5. The molecule has 1 aromatic heterocycles. The second-order valence-corrected chi connectivity index (χ2v) is 8.18. The number of imide groups is 1. The lowest BCUT2D eigenvalue weighted by Crippen LogP contribution is -2.27. The summed E-state index contributed by atoms with van der Waals surface area (Å²) in [7, 11) is 0. The Hall–Kier alpha value is -2.98. The predicted octanol–water partition coefficient (Wildman–Crippen LogP) is 6.36. The van der Waals surface area contributed by atoms with Crippen LogP contribution in [0.4, 0.5) is 4.79 Å². The summed E-state index contributed by atoms with van der Waals surface area (Å²) in [5.41, 5.74) is 1.78. The van der Waals surface area contributed by atoms with Crippen molar-refractivity contribution in [1.82, 2.24) is 4.90 Å². The molecule has 1 aliphatic heterocycles. The fourth-order valence-corrected chi connectivity index (χ4v) is 4.05. The fraction of sp³-hybridized carbons (Fsp3) is 0.0455. The van der Waals surface area contributed by atoms with E-state index in [0.717, 1.165) is 22.2 Å². The molecule has 2 amide bonds. The van der Waals surface area contributed by atoms with E-state index in [0.29, 0.717) is 32.7 Å². The summed E-state index contributed by atoms with van der Waals surface area (Å²) in [6.45, 7) is 0.0401. The van der Waals surface area contributed by atoms with Crippen LogP contribution in [0, 0.1) is 11.3 Å². The Bertz CT molecular complexity index is 1240. The van der Waals surface area contributed by atoms with Crippen LogP contribution >= 0.6 is 35.0 Å². The van der Waals surface area contributed by atoms with Crippen molar-refractivity contribution in [3.05, 3.63) is 86.4 Å². The molecule has 4 rings (SSSR count). The summed E-state index contributed by atoms with van der Waals surface area (Å²) in [6.07, 6.45) is 1.53. The quantitative estimate of drug-likeness (QED) is 0.428. The second-order valence-electron chi connectivity index (χ2n) is 6.37. The van der Waals surface area contributed by atoms with Crippen molar-refractivity contribution < 1.29 is 14.0 Å². The Balaban J connectivity index is 1.56. The number of carbonyl (C=O) groups excluding carboxylic acids is 2. The van der Waals surface area contributed by atoms with Gasteiger partial charge in [-0.25, -0.2) is 0 Å². The van der Waals surface area contributed by atoms with Crippen molar-refractivity contribution in [2.45, 2.75) is 6.54 Å². The van der Waals surface area contributed by atoms with Gasteiger partial charge in [0.15, 0.2) is 0 Å². The van der Waals surface area contributed by atoms with Gasteiger partial charge in [0.2, 0.25) is 0 Å². The van der Waals surface area contributed by atoms with Gasteiger partial charge < -0.3 is 4.42 Å². The lowest BCUT2D eigenvalue weighted by Gasteiger charge is -2.13. The van der Waals surface area contributed by atoms with Crippen molar-refractivity contribution in [2.75, 3.05) is 0 Å². The highest BCUT2D eigenvalue weighted by molar-refractivity contribution is 8.18. The molecular formula is C22H12Cl2N2O3S. The fourth-order valence-electron chi connectivity index (χ4n) is 2.94. The van der Waals surface area contributed by atoms with Crippen LogP contribution in [-0.4, -0.2) is 16.0 Å². The maximum atomic E-state index is 12.7. The molecule has 0 atom stereocenters. The smallest absolute Gasteiger partial charge is 0.293 e. The van der Waals surface area contributed by atoms with Gasteiger partial charge in [-0.15, -0.1) is 0 Å². The Morgan fingerprint density at radius 2 is 1.87 bits per heavy atom. The van der Waals surface area contributed by atoms with Crippen LogP contribution in [0.2, 0.25) is 10.0 Å². The van der Waals surface area contributed by atoms with Crippen molar-refractivity contribution in [3.8, 4) is 17.4 Å². The van der Waals surface area contributed by atoms with Crippen LogP contribution in [0.15, 0.2) is 63.9 Å². The number of carbonyl (C=O) groups is 2. The number of benzene rings is 2. The van der Waals surface area contributed by atoms with Crippen LogP contribution in [0.3, 0.4) is 0 Å². The van der Waals surface area contributed by atoms with Crippen molar-refractivity contribution in [3.63, 3.8) is 0 Å². The van der Waals surface area contributed by atoms with Gasteiger partial charge in [0.05, 0.1) is 33.1 Å². The summed E-state index contributed by atoms with van der Waals surface area (Å²) < 4.78 is 5.78. The van der Waals surface area contributed by atoms with Crippen LogP contribution in [0.5, 0.6) is 0 Å². The van der Waals surface area contributed by atoms with E-state index in [2.05, 4.69) is 6.07 Å². The molecule has 1 fully saturated rings. The summed E-state index contributed by atoms with van der Waals surface area (Å²) in [5.74, 6) is 0.561. The Labute approximate surface area is 186 Å². The maximum absolute atomic E-state index is 12.7. The van der Waals surface area contributed by atoms with E-state index in [4.69, 9.17) is 27.6 Å². The first-order valence-electron chi connectivity index (χ1n) is 8.75. The maximum Gasteiger partial charge on any atom is 0.293 e. The Morgan fingerprint density at radius 1 is 1.07 bits per heavy atom. The summed E-state index contributed by atoms with van der Waals surface area (Å²) in [4.78, 5) is 26.5. The summed E-state index contributed by atoms with van der Waals surface area (Å²) in [5, 5.41) is 9.67. The lowest BCUT2D eigenvalue weighted by atomic mass is 10.1. The minimum absolute atomic E-state index is 0.0401. The van der Waals surface area contributed by atoms with E-state index in [1.54, 1.807) is 54.6 Å². The normalized spacial score (nSPS) is 15.1. The SMILES string of the molecule is N#Cc1ccccc1CN1C(=O)S/C(=C\c2ccc(-c3ccc(Cl)c(Cl)c3)o2)C1=O. The Morgan fingerprint density at radius 3 is 2.63 bits per heavy atom. The molecule has 3 aromatic rings. The summed E-state index contributed by atoms with van der Waals surface area (Å²) in [6, 6.07) is 17.5. The molecule has 5 nitrogen and oxygen atoms in total. The number of nitriles is 1. The van der Waals surface area contributed by atoms with Gasteiger partial charge in [0.25, 0.3) is 11.1 Å². The first kappa shape index (κ1) is 20.3. The zero-order chi connectivity index (χ0) is 21.3. The molecule has 0 saturated carbocycles. The largest absolute Gasteiger partial charge is 0.457 e. The van der Waals surface area contributed by atoms with Crippen molar-refractivity contribution in [2.24, 2.45) is 0 Å². The number of amides is 2. The third-order valence-electron chi connectivity index (χ3n) is 4.44. The average molecular weight is 455 g/mol. The molecule has 0 N–H and O–H groups in total. The van der Waals surface area contributed by atoms with E-state index < -0.39 is 11.1 Å². The zero-order valence-corrected chi connectivity index (χ0v) is 17.6. The molecule has 2 heterocycles. The molecule has 8 heteroatoms. The minimum atomic E-state index is -0.426. The van der Waals surface area contributed by atoms with Gasteiger partial charge in [-0.3, -0.25) is 14.5 Å². The third-order valence-corrected chi connectivity index (χ3v) is 6.09. The van der Waals surface area contributed by atoms with Crippen LogP contribution < -0.4 is 0 Å². The van der Waals surface area contributed by atoms with Gasteiger partial charge in [0.1, 0.15) is 11.5 Å². The van der Waals surface area contributed by atoms with E-state index in [9.17, 15) is 14.9 Å². The van der Waals surface area contributed by atoms with Crippen LogP contribution in [0.25, 0.3) is 17.4 Å².